The molecule has 0 aliphatic carbocycles. The van der Waals surface area contributed by atoms with E-state index < -0.39 is 0 Å². The van der Waals surface area contributed by atoms with E-state index in [0.29, 0.717) is 12.3 Å². The molecule has 82 valence electrons. The average Bonchev–Trinajstić information content (AvgIpc) is 2.28. The van der Waals surface area contributed by atoms with Gasteiger partial charge in [-0.05, 0) is 24.6 Å². The van der Waals surface area contributed by atoms with Crippen LogP contribution >= 0.6 is 35.1 Å². The van der Waals surface area contributed by atoms with Crippen LogP contribution in [0.1, 0.15) is 16.8 Å². The lowest BCUT2D eigenvalue weighted by atomic mass is 10.1. The predicted molar refractivity (Wildman–Crippen MR) is 69.7 cm³/mol. The van der Waals surface area contributed by atoms with E-state index in [9.17, 15) is 4.79 Å². The summed E-state index contributed by atoms with van der Waals surface area (Å²) in [5, 5.41) is 0. The Morgan fingerprint density at radius 1 is 1.27 bits per heavy atom. The molecule has 0 aliphatic rings. The second kappa shape index (κ2) is 6.46. The standard InChI is InChI=1S/C11H13ClOS2/c1-14-10-4-3-8(7-11(10)15-2)9(13)5-6-12/h3-4,7H,5-6H2,1-2H3. The van der Waals surface area contributed by atoms with Gasteiger partial charge < -0.3 is 0 Å². The Morgan fingerprint density at radius 3 is 2.47 bits per heavy atom. The molecule has 1 rings (SSSR count). The van der Waals surface area contributed by atoms with E-state index in [1.807, 2.05) is 30.7 Å². The number of Topliss-reactive ketones (excluding diaryl/α,β-unsaturated/α-hetero) is 1. The molecule has 1 aromatic carbocycles. The third kappa shape index (κ3) is 3.44. The van der Waals surface area contributed by atoms with Crippen molar-refractivity contribution in [2.45, 2.75) is 16.2 Å². The molecule has 0 aromatic heterocycles. The minimum atomic E-state index is 0.118. The highest BCUT2D eigenvalue weighted by molar-refractivity contribution is 8.01. The fourth-order valence-corrected chi connectivity index (χ4v) is 2.89. The Hall–Kier alpha value is -0.120. The maximum Gasteiger partial charge on any atom is 0.164 e. The lowest BCUT2D eigenvalue weighted by molar-refractivity contribution is 0.0989. The first-order valence-corrected chi connectivity index (χ1v) is 7.52. The molecule has 1 nitrogen and oxygen atoms in total. The zero-order chi connectivity index (χ0) is 11.3. The lowest BCUT2D eigenvalue weighted by Crippen LogP contribution is -1.99. The summed E-state index contributed by atoms with van der Waals surface area (Å²) in [6, 6.07) is 5.82. The van der Waals surface area contributed by atoms with Crippen LogP contribution in [0.5, 0.6) is 0 Å². The van der Waals surface area contributed by atoms with E-state index in [0.717, 1.165) is 10.5 Å². The monoisotopic (exact) mass is 260 g/mol. The van der Waals surface area contributed by atoms with Crippen LogP contribution in [0, 0.1) is 0 Å². The minimum absolute atomic E-state index is 0.118. The summed E-state index contributed by atoms with van der Waals surface area (Å²) in [7, 11) is 0. The third-order valence-corrected chi connectivity index (χ3v) is 3.92. The fourth-order valence-electron chi connectivity index (χ4n) is 1.24. The summed E-state index contributed by atoms with van der Waals surface area (Å²) in [4.78, 5) is 14.0. The van der Waals surface area contributed by atoms with Crippen molar-refractivity contribution in [2.75, 3.05) is 18.4 Å². The SMILES string of the molecule is CSc1ccc(C(=O)CCCl)cc1SC. The summed E-state index contributed by atoms with van der Waals surface area (Å²) in [6.07, 6.45) is 4.47. The molecule has 0 radical (unpaired) electrons. The van der Waals surface area contributed by atoms with Gasteiger partial charge in [0.15, 0.2) is 5.78 Å². The Bertz CT molecular complexity index is 352. The number of alkyl halides is 1. The van der Waals surface area contributed by atoms with Gasteiger partial charge in [-0.2, -0.15) is 0 Å². The number of ketones is 1. The van der Waals surface area contributed by atoms with Gasteiger partial charge in [-0.3, -0.25) is 4.79 Å². The molecule has 0 unspecified atom stereocenters. The number of hydrogen-bond acceptors (Lipinski definition) is 3. The number of halogens is 1. The van der Waals surface area contributed by atoms with E-state index in [2.05, 4.69) is 0 Å². The molecular weight excluding hydrogens is 248 g/mol. The van der Waals surface area contributed by atoms with E-state index in [4.69, 9.17) is 11.6 Å². The second-order valence-electron chi connectivity index (χ2n) is 2.93. The van der Waals surface area contributed by atoms with Crippen LogP contribution in [0.25, 0.3) is 0 Å². The largest absolute Gasteiger partial charge is 0.294 e. The Kier molecular flexibility index (Phi) is 5.58. The van der Waals surface area contributed by atoms with E-state index in [1.165, 1.54) is 4.90 Å². The normalized spacial score (nSPS) is 10.3. The molecule has 0 heterocycles. The highest BCUT2D eigenvalue weighted by atomic mass is 35.5. The molecule has 15 heavy (non-hydrogen) atoms. The topological polar surface area (TPSA) is 17.1 Å². The van der Waals surface area contributed by atoms with Crippen LogP contribution in [-0.4, -0.2) is 24.2 Å². The molecule has 0 saturated carbocycles. The van der Waals surface area contributed by atoms with Gasteiger partial charge in [0, 0.05) is 27.7 Å². The average molecular weight is 261 g/mol. The number of carbonyl (C=O) groups excluding carboxylic acids is 1. The Morgan fingerprint density at radius 2 is 1.93 bits per heavy atom. The number of hydrogen-bond donors (Lipinski definition) is 0. The van der Waals surface area contributed by atoms with Crippen LogP contribution in [0.4, 0.5) is 0 Å². The molecule has 0 spiro atoms. The van der Waals surface area contributed by atoms with Gasteiger partial charge in [-0.1, -0.05) is 6.07 Å². The molecular formula is C11H13ClOS2. The van der Waals surface area contributed by atoms with Crippen molar-refractivity contribution < 1.29 is 4.79 Å². The molecule has 4 heteroatoms. The molecule has 0 amide bonds. The molecule has 1 aromatic rings. The first-order valence-electron chi connectivity index (χ1n) is 4.54. The molecule has 0 aliphatic heterocycles. The number of rotatable bonds is 5. The van der Waals surface area contributed by atoms with Crippen molar-refractivity contribution >= 4 is 40.9 Å². The Balaban J connectivity index is 2.97. The molecule has 0 saturated heterocycles. The molecule has 0 bridgehead atoms. The highest BCUT2D eigenvalue weighted by Gasteiger charge is 2.08. The maximum atomic E-state index is 11.6. The maximum absolute atomic E-state index is 11.6. The lowest BCUT2D eigenvalue weighted by Gasteiger charge is -2.06. The third-order valence-electron chi connectivity index (χ3n) is 2.03. The van der Waals surface area contributed by atoms with Crippen LogP contribution < -0.4 is 0 Å². The second-order valence-corrected chi connectivity index (χ2v) is 5.01. The Labute approximate surface area is 104 Å². The quantitative estimate of drug-likeness (QED) is 0.453. The summed E-state index contributed by atoms with van der Waals surface area (Å²) in [5.74, 6) is 0.505. The van der Waals surface area contributed by atoms with Gasteiger partial charge in [-0.25, -0.2) is 0 Å². The van der Waals surface area contributed by atoms with Gasteiger partial charge in [0.1, 0.15) is 0 Å². The molecule has 0 N–H and O–H groups in total. The van der Waals surface area contributed by atoms with E-state index in [-0.39, 0.29) is 5.78 Å². The van der Waals surface area contributed by atoms with Crippen molar-refractivity contribution in [1.29, 1.82) is 0 Å². The summed E-state index contributed by atoms with van der Waals surface area (Å²) < 4.78 is 0. The highest BCUT2D eigenvalue weighted by Crippen LogP contribution is 2.29. The fraction of sp³-hybridized carbons (Fsp3) is 0.364. The number of thioether (sulfide) groups is 2. The zero-order valence-electron chi connectivity index (χ0n) is 8.75. The van der Waals surface area contributed by atoms with Crippen molar-refractivity contribution in [2.24, 2.45) is 0 Å². The first kappa shape index (κ1) is 12.9. The molecule has 0 atom stereocenters. The van der Waals surface area contributed by atoms with Gasteiger partial charge in [0.25, 0.3) is 0 Å². The van der Waals surface area contributed by atoms with Gasteiger partial charge in [-0.15, -0.1) is 35.1 Å². The summed E-state index contributed by atoms with van der Waals surface area (Å²) >= 11 is 8.91. The molecule has 0 fully saturated rings. The van der Waals surface area contributed by atoms with Crippen molar-refractivity contribution in [3.63, 3.8) is 0 Å². The van der Waals surface area contributed by atoms with Crippen molar-refractivity contribution in [3.8, 4) is 0 Å². The number of carbonyl (C=O) groups is 1. The van der Waals surface area contributed by atoms with Gasteiger partial charge in [0.2, 0.25) is 0 Å². The van der Waals surface area contributed by atoms with Crippen molar-refractivity contribution in [3.05, 3.63) is 23.8 Å². The van der Waals surface area contributed by atoms with Crippen molar-refractivity contribution in [1.82, 2.24) is 0 Å². The zero-order valence-corrected chi connectivity index (χ0v) is 11.1. The predicted octanol–water partition coefficient (Wildman–Crippen LogP) is 3.94. The van der Waals surface area contributed by atoms with Crippen LogP contribution in [-0.2, 0) is 0 Å². The number of benzene rings is 1. The van der Waals surface area contributed by atoms with Gasteiger partial charge in [0.05, 0.1) is 0 Å². The van der Waals surface area contributed by atoms with Crippen LogP contribution in [0.2, 0.25) is 0 Å². The van der Waals surface area contributed by atoms with E-state index in [1.54, 1.807) is 23.5 Å². The minimum Gasteiger partial charge on any atom is -0.294 e. The first-order chi connectivity index (χ1) is 7.22. The van der Waals surface area contributed by atoms with Crippen LogP contribution in [0.3, 0.4) is 0 Å². The van der Waals surface area contributed by atoms with Crippen LogP contribution in [0.15, 0.2) is 28.0 Å². The summed E-state index contributed by atoms with van der Waals surface area (Å²) in [5.41, 5.74) is 0.762. The van der Waals surface area contributed by atoms with Gasteiger partial charge >= 0.3 is 0 Å². The van der Waals surface area contributed by atoms with E-state index >= 15 is 0 Å². The smallest absolute Gasteiger partial charge is 0.164 e. The summed E-state index contributed by atoms with van der Waals surface area (Å²) in [6.45, 7) is 0.